The molecule has 2 aromatic rings. The van der Waals surface area contributed by atoms with Crippen molar-refractivity contribution in [3.05, 3.63) is 52.5 Å². The molecule has 3 atom stereocenters. The number of sulfone groups is 1. The number of carbonyl (C=O) groups excluding carboxylic acids is 1. The summed E-state index contributed by atoms with van der Waals surface area (Å²) in [5.41, 5.74) is -0.304. The van der Waals surface area contributed by atoms with Crippen LogP contribution in [0.25, 0.3) is 0 Å². The average molecular weight is 452 g/mol. The summed E-state index contributed by atoms with van der Waals surface area (Å²) in [5, 5.41) is 1.51. The van der Waals surface area contributed by atoms with E-state index >= 15 is 0 Å². The van der Waals surface area contributed by atoms with Crippen molar-refractivity contribution in [2.45, 2.75) is 35.1 Å². The Hall–Kier alpha value is -2.06. The van der Waals surface area contributed by atoms with Crippen molar-refractivity contribution >= 4 is 31.7 Å². The summed E-state index contributed by atoms with van der Waals surface area (Å²) < 4.78 is 38.8. The lowest BCUT2D eigenvalue weighted by Crippen LogP contribution is -2.63. The number of amides is 1. The minimum Gasteiger partial charge on any atom is -0.493 e. The molecule has 0 radical (unpaired) electrons. The van der Waals surface area contributed by atoms with Crippen LogP contribution >= 0.6 is 15.9 Å². The van der Waals surface area contributed by atoms with Crippen molar-refractivity contribution in [2.24, 2.45) is 0 Å². The maximum Gasteiger partial charge on any atom is 0.242 e. The van der Waals surface area contributed by atoms with Gasteiger partial charge in [0.15, 0.2) is 32.3 Å². The zero-order valence-electron chi connectivity index (χ0n) is 14.7. The van der Waals surface area contributed by atoms with Crippen LogP contribution in [0, 0.1) is 0 Å². The first-order valence-electron chi connectivity index (χ1n) is 8.42. The lowest BCUT2D eigenvalue weighted by molar-refractivity contribution is -0.132. The minimum atomic E-state index is -3.90. The SMILES string of the molecule is COc1cccc2c1OC1(C)CC2C(S(=O)(=O)c2ccc(Br)cc2)C(=O)N1. The second-order valence-electron chi connectivity index (χ2n) is 6.93. The Bertz CT molecular complexity index is 1020. The molecular formula is C19H18BrNO5S. The zero-order chi connectivity index (χ0) is 19.4. The van der Waals surface area contributed by atoms with Gasteiger partial charge in [-0.15, -0.1) is 0 Å². The number of nitrogens with one attached hydrogen (secondary N) is 1. The molecule has 0 spiro atoms. The van der Waals surface area contributed by atoms with E-state index in [-0.39, 0.29) is 4.90 Å². The molecule has 4 rings (SSSR count). The molecule has 2 aliphatic heterocycles. The van der Waals surface area contributed by atoms with E-state index in [0.29, 0.717) is 23.5 Å². The van der Waals surface area contributed by atoms with Crippen LogP contribution in [0.2, 0.25) is 0 Å². The largest absolute Gasteiger partial charge is 0.493 e. The topological polar surface area (TPSA) is 81.7 Å². The summed E-state index contributed by atoms with van der Waals surface area (Å²) in [5.74, 6) is -0.0875. The number of para-hydroxylation sites is 1. The molecule has 0 saturated carbocycles. The number of benzene rings is 2. The lowest BCUT2D eigenvalue weighted by atomic mass is 9.81. The second-order valence-corrected chi connectivity index (χ2v) is 9.92. The number of piperidine rings is 1. The Morgan fingerprint density at radius 2 is 1.93 bits per heavy atom. The predicted molar refractivity (Wildman–Crippen MR) is 103 cm³/mol. The van der Waals surface area contributed by atoms with Gasteiger partial charge in [0.2, 0.25) is 5.91 Å². The molecule has 2 bridgehead atoms. The van der Waals surface area contributed by atoms with E-state index in [1.165, 1.54) is 19.2 Å². The maximum atomic E-state index is 13.3. The highest BCUT2D eigenvalue weighted by molar-refractivity contribution is 9.10. The van der Waals surface area contributed by atoms with E-state index in [2.05, 4.69) is 21.2 Å². The highest BCUT2D eigenvalue weighted by atomic mass is 79.9. The third-order valence-electron chi connectivity index (χ3n) is 5.05. The van der Waals surface area contributed by atoms with Gasteiger partial charge < -0.3 is 14.8 Å². The molecule has 3 unspecified atom stereocenters. The molecule has 1 amide bonds. The monoisotopic (exact) mass is 451 g/mol. The molecule has 2 heterocycles. The van der Waals surface area contributed by atoms with Crippen LogP contribution in [0.4, 0.5) is 0 Å². The molecule has 2 aliphatic rings. The van der Waals surface area contributed by atoms with Crippen LogP contribution in [0.3, 0.4) is 0 Å². The number of methoxy groups -OCH3 is 1. The summed E-state index contributed by atoms with van der Waals surface area (Å²) in [6.07, 6.45) is 0.360. The molecule has 1 N–H and O–H groups in total. The van der Waals surface area contributed by atoms with Crippen molar-refractivity contribution in [3.8, 4) is 11.5 Å². The fourth-order valence-corrected chi connectivity index (χ4v) is 5.97. The first-order chi connectivity index (χ1) is 12.7. The van der Waals surface area contributed by atoms with Crippen molar-refractivity contribution in [1.82, 2.24) is 5.32 Å². The van der Waals surface area contributed by atoms with Gasteiger partial charge in [-0.1, -0.05) is 28.1 Å². The van der Waals surface area contributed by atoms with E-state index in [1.54, 1.807) is 37.3 Å². The van der Waals surface area contributed by atoms with Gasteiger partial charge >= 0.3 is 0 Å². The van der Waals surface area contributed by atoms with E-state index < -0.39 is 32.6 Å². The summed E-state index contributed by atoms with van der Waals surface area (Å²) in [4.78, 5) is 13.0. The normalized spacial score (nSPS) is 26.6. The minimum absolute atomic E-state index is 0.116. The van der Waals surface area contributed by atoms with E-state index in [0.717, 1.165) is 4.47 Å². The van der Waals surface area contributed by atoms with Gasteiger partial charge in [0.1, 0.15) is 0 Å². The molecule has 1 fully saturated rings. The summed E-state index contributed by atoms with van der Waals surface area (Å²) >= 11 is 3.30. The molecule has 0 aromatic heterocycles. The summed E-state index contributed by atoms with van der Waals surface area (Å²) in [6, 6.07) is 11.6. The van der Waals surface area contributed by atoms with Crippen LogP contribution in [-0.4, -0.2) is 32.4 Å². The van der Waals surface area contributed by atoms with Crippen LogP contribution < -0.4 is 14.8 Å². The lowest BCUT2D eigenvalue weighted by Gasteiger charge is -2.47. The van der Waals surface area contributed by atoms with Gasteiger partial charge in [-0.3, -0.25) is 4.79 Å². The van der Waals surface area contributed by atoms with E-state index in [1.807, 2.05) is 0 Å². The molecule has 1 saturated heterocycles. The Kier molecular flexibility index (Phi) is 4.23. The van der Waals surface area contributed by atoms with Gasteiger partial charge in [-0.05, 0) is 37.3 Å². The number of carbonyl (C=O) groups is 1. The smallest absolute Gasteiger partial charge is 0.242 e. The number of rotatable bonds is 3. The molecule has 27 heavy (non-hydrogen) atoms. The predicted octanol–water partition coefficient (Wildman–Crippen LogP) is 3.01. The summed E-state index contributed by atoms with van der Waals surface area (Å²) in [6.45, 7) is 1.75. The molecule has 6 nitrogen and oxygen atoms in total. The Morgan fingerprint density at radius 3 is 2.59 bits per heavy atom. The highest BCUT2D eigenvalue weighted by Gasteiger charge is 2.54. The van der Waals surface area contributed by atoms with Crippen LogP contribution in [0.5, 0.6) is 11.5 Å². The third kappa shape index (κ3) is 2.91. The van der Waals surface area contributed by atoms with Gasteiger partial charge in [-0.2, -0.15) is 0 Å². The molecular weight excluding hydrogens is 434 g/mol. The second kappa shape index (κ2) is 6.24. The van der Waals surface area contributed by atoms with Gasteiger partial charge in [-0.25, -0.2) is 8.42 Å². The first-order valence-corrected chi connectivity index (χ1v) is 10.8. The van der Waals surface area contributed by atoms with Crippen LogP contribution in [0.1, 0.15) is 24.8 Å². The average Bonchev–Trinajstić information content (AvgIpc) is 2.60. The molecule has 2 aromatic carbocycles. The van der Waals surface area contributed by atoms with Crippen LogP contribution in [0.15, 0.2) is 51.8 Å². The quantitative estimate of drug-likeness (QED) is 0.775. The highest BCUT2D eigenvalue weighted by Crippen LogP contribution is 2.50. The number of halogens is 1. The zero-order valence-corrected chi connectivity index (χ0v) is 17.1. The van der Waals surface area contributed by atoms with Crippen molar-refractivity contribution in [2.75, 3.05) is 7.11 Å². The maximum absolute atomic E-state index is 13.3. The molecule has 0 aliphatic carbocycles. The van der Waals surface area contributed by atoms with Gasteiger partial charge in [0.25, 0.3) is 0 Å². The van der Waals surface area contributed by atoms with Gasteiger partial charge in [0, 0.05) is 22.4 Å². The number of ether oxygens (including phenoxy) is 2. The molecule has 8 heteroatoms. The van der Waals surface area contributed by atoms with E-state index in [4.69, 9.17) is 9.47 Å². The first kappa shape index (κ1) is 18.3. The fraction of sp³-hybridized carbons (Fsp3) is 0.316. The third-order valence-corrected chi connectivity index (χ3v) is 7.72. The Morgan fingerprint density at radius 1 is 1.22 bits per heavy atom. The Balaban J connectivity index is 1.87. The standard InChI is InChI=1S/C19H18BrNO5S/c1-19-10-14(13-4-3-5-15(25-2)16(13)26-19)17(18(22)21-19)27(23,24)12-8-6-11(20)7-9-12/h3-9,14,17H,10H2,1-2H3,(H,21,22). The van der Waals surface area contributed by atoms with Crippen molar-refractivity contribution in [3.63, 3.8) is 0 Å². The number of hydrogen-bond donors (Lipinski definition) is 1. The summed E-state index contributed by atoms with van der Waals surface area (Å²) in [7, 11) is -2.37. The number of fused-ring (bicyclic) bond motifs is 4. The Labute approximate surface area is 165 Å². The van der Waals surface area contributed by atoms with E-state index in [9.17, 15) is 13.2 Å². The number of hydrogen-bond acceptors (Lipinski definition) is 5. The van der Waals surface area contributed by atoms with Crippen molar-refractivity contribution in [1.29, 1.82) is 0 Å². The van der Waals surface area contributed by atoms with Crippen LogP contribution in [-0.2, 0) is 14.6 Å². The molecule has 142 valence electrons. The fourth-order valence-electron chi connectivity index (χ4n) is 3.88. The van der Waals surface area contributed by atoms with Gasteiger partial charge in [0.05, 0.1) is 12.0 Å². The van der Waals surface area contributed by atoms with Crippen molar-refractivity contribution < 1.29 is 22.7 Å².